The van der Waals surface area contributed by atoms with Crippen LogP contribution in [0.2, 0.25) is 0 Å². The number of hydrogen-bond donors (Lipinski definition) is 1. The van der Waals surface area contributed by atoms with Gasteiger partial charge in [-0.1, -0.05) is 29.8 Å². The van der Waals surface area contributed by atoms with Crippen LogP contribution in [0.4, 0.5) is 0 Å². The van der Waals surface area contributed by atoms with Crippen molar-refractivity contribution in [3.05, 3.63) is 65.4 Å². The van der Waals surface area contributed by atoms with Gasteiger partial charge < -0.3 is 14.2 Å². The van der Waals surface area contributed by atoms with E-state index in [1.807, 2.05) is 9.58 Å². The minimum atomic E-state index is -0.224. The number of benzene rings is 1. The molecule has 0 bridgehead atoms. The molecule has 8 heteroatoms. The molecular formula is C22H29N6O2+. The predicted octanol–water partition coefficient (Wildman–Crippen LogP) is 1.46. The number of quaternary nitrogens is 1. The lowest BCUT2D eigenvalue weighted by molar-refractivity contribution is -0.930. The van der Waals surface area contributed by atoms with Crippen molar-refractivity contribution in [3.8, 4) is 0 Å². The summed E-state index contributed by atoms with van der Waals surface area (Å²) in [6.45, 7) is 11.3. The molecule has 1 aliphatic rings. The van der Waals surface area contributed by atoms with Crippen LogP contribution in [0.15, 0.2) is 47.1 Å². The molecule has 0 aliphatic carbocycles. The van der Waals surface area contributed by atoms with Crippen molar-refractivity contribution >= 4 is 5.91 Å². The lowest BCUT2D eigenvalue weighted by Crippen LogP contribution is -3.15. The van der Waals surface area contributed by atoms with Gasteiger partial charge in [-0.25, -0.2) is 4.68 Å². The van der Waals surface area contributed by atoms with Gasteiger partial charge in [-0.15, -0.1) is 5.10 Å². The van der Waals surface area contributed by atoms with Crippen molar-refractivity contribution in [3.63, 3.8) is 0 Å². The summed E-state index contributed by atoms with van der Waals surface area (Å²) in [6.07, 6.45) is 1.54. The fourth-order valence-corrected chi connectivity index (χ4v) is 4.02. The number of hydrogen-bond acceptors (Lipinski definition) is 5. The van der Waals surface area contributed by atoms with E-state index in [0.29, 0.717) is 18.8 Å². The van der Waals surface area contributed by atoms with Gasteiger partial charge in [0, 0.05) is 5.56 Å². The maximum atomic E-state index is 12.6. The number of nitrogens with one attached hydrogen (secondary N) is 1. The summed E-state index contributed by atoms with van der Waals surface area (Å²) in [5, 5.41) is 12.7. The molecule has 0 unspecified atom stereocenters. The largest absolute Gasteiger partial charge is 0.459 e. The van der Waals surface area contributed by atoms with E-state index < -0.39 is 0 Å². The third kappa shape index (κ3) is 4.00. The normalized spacial score (nSPS) is 16.6. The third-order valence-electron chi connectivity index (χ3n) is 5.63. The van der Waals surface area contributed by atoms with E-state index in [2.05, 4.69) is 67.5 Å². The molecule has 1 fully saturated rings. The Morgan fingerprint density at radius 2 is 1.83 bits per heavy atom. The lowest BCUT2D eigenvalue weighted by atomic mass is 10.0. The van der Waals surface area contributed by atoms with E-state index in [9.17, 15) is 4.79 Å². The molecule has 1 aromatic carbocycles. The topological polar surface area (TPSA) is 81.5 Å². The summed E-state index contributed by atoms with van der Waals surface area (Å²) in [5.41, 5.74) is 2.18. The maximum absolute atomic E-state index is 12.6. The summed E-state index contributed by atoms with van der Waals surface area (Å²) in [5.74, 6) is 1.20. The number of piperazine rings is 1. The van der Waals surface area contributed by atoms with Crippen LogP contribution in [0.25, 0.3) is 0 Å². The maximum Gasteiger partial charge on any atom is 0.289 e. The minimum Gasteiger partial charge on any atom is -0.459 e. The molecule has 0 saturated carbocycles. The highest BCUT2D eigenvalue weighted by Crippen LogP contribution is 2.23. The molecule has 1 aliphatic heterocycles. The summed E-state index contributed by atoms with van der Waals surface area (Å²) in [7, 11) is 0. The fourth-order valence-electron chi connectivity index (χ4n) is 4.02. The molecule has 0 radical (unpaired) electrons. The molecule has 1 saturated heterocycles. The van der Waals surface area contributed by atoms with Crippen LogP contribution < -0.4 is 4.90 Å². The number of carbonyl (C=O) groups excluding carboxylic acids is 1. The molecule has 0 spiro atoms. The van der Waals surface area contributed by atoms with Gasteiger partial charge in [0.15, 0.2) is 11.8 Å². The van der Waals surface area contributed by atoms with Crippen molar-refractivity contribution in [1.29, 1.82) is 0 Å². The Morgan fingerprint density at radius 3 is 2.43 bits per heavy atom. The zero-order valence-corrected chi connectivity index (χ0v) is 18.0. The van der Waals surface area contributed by atoms with Crippen LogP contribution in [-0.4, -0.2) is 57.2 Å². The molecule has 4 rings (SSSR count). The van der Waals surface area contributed by atoms with Crippen molar-refractivity contribution < 1.29 is 14.1 Å². The third-order valence-corrected chi connectivity index (χ3v) is 5.63. The molecule has 30 heavy (non-hydrogen) atoms. The average Bonchev–Trinajstić information content (AvgIpc) is 3.42. The Morgan fingerprint density at radius 1 is 1.13 bits per heavy atom. The molecule has 158 valence electrons. The first-order valence-electron chi connectivity index (χ1n) is 10.4. The van der Waals surface area contributed by atoms with Crippen LogP contribution in [0.1, 0.15) is 54.3 Å². The summed E-state index contributed by atoms with van der Waals surface area (Å²) in [4.78, 5) is 15.9. The number of amides is 1. The van der Waals surface area contributed by atoms with Gasteiger partial charge in [0.05, 0.1) is 38.0 Å². The Balaban J connectivity index is 1.61. The lowest BCUT2D eigenvalue weighted by Gasteiger charge is -2.36. The second-order valence-corrected chi connectivity index (χ2v) is 8.89. The van der Waals surface area contributed by atoms with E-state index >= 15 is 0 Å². The Labute approximate surface area is 176 Å². The summed E-state index contributed by atoms with van der Waals surface area (Å²) < 4.78 is 7.21. The standard InChI is InChI=1S/C22H28N6O2/c1-16-7-9-17(10-8-16)19(20-23-24-25-28(20)22(2,3)4)26-11-13-27(14-12-26)21(29)18-6-5-15-30-18/h5-10,15,19H,11-14H2,1-4H3/p+1/t19-/m0/s1. The molecular weight excluding hydrogens is 380 g/mol. The monoisotopic (exact) mass is 409 g/mol. The van der Waals surface area contributed by atoms with Crippen LogP contribution in [0.3, 0.4) is 0 Å². The minimum absolute atomic E-state index is 0.000639. The first-order chi connectivity index (χ1) is 14.3. The number of rotatable bonds is 4. The molecule has 2 aromatic heterocycles. The van der Waals surface area contributed by atoms with E-state index in [-0.39, 0.29) is 17.5 Å². The average molecular weight is 410 g/mol. The zero-order valence-electron chi connectivity index (χ0n) is 18.0. The first kappa shape index (κ1) is 20.3. The number of carbonyl (C=O) groups is 1. The zero-order chi connectivity index (χ0) is 21.3. The summed E-state index contributed by atoms with van der Waals surface area (Å²) in [6, 6.07) is 12.0. The highest BCUT2D eigenvalue weighted by molar-refractivity contribution is 5.91. The van der Waals surface area contributed by atoms with Gasteiger partial charge in [-0.05, 0) is 50.3 Å². The van der Waals surface area contributed by atoms with Crippen molar-refractivity contribution in [2.75, 3.05) is 26.2 Å². The molecule has 1 atom stereocenters. The van der Waals surface area contributed by atoms with Crippen LogP contribution >= 0.6 is 0 Å². The fraction of sp³-hybridized carbons (Fsp3) is 0.455. The van der Waals surface area contributed by atoms with Crippen LogP contribution in [0, 0.1) is 6.92 Å². The van der Waals surface area contributed by atoms with E-state index in [4.69, 9.17) is 4.42 Å². The number of tetrazole rings is 1. The molecule has 3 heterocycles. The van der Waals surface area contributed by atoms with Gasteiger partial charge in [-0.2, -0.15) is 0 Å². The Kier molecular flexibility index (Phi) is 5.42. The molecule has 1 N–H and O–H groups in total. The Bertz CT molecular complexity index is 980. The van der Waals surface area contributed by atoms with Crippen molar-refractivity contribution in [1.82, 2.24) is 25.1 Å². The quantitative estimate of drug-likeness (QED) is 0.706. The SMILES string of the molecule is Cc1ccc([C@@H](c2nnnn2C(C)(C)C)[NH+]2CCN(C(=O)c3ccco3)CC2)cc1. The molecule has 3 aromatic rings. The number of aryl methyl sites for hydroxylation is 1. The molecule has 1 amide bonds. The van der Waals surface area contributed by atoms with Gasteiger partial charge in [0.25, 0.3) is 5.91 Å². The predicted molar refractivity (Wildman–Crippen MR) is 111 cm³/mol. The second kappa shape index (κ2) is 8.02. The second-order valence-electron chi connectivity index (χ2n) is 8.89. The van der Waals surface area contributed by atoms with Gasteiger partial charge in [0.2, 0.25) is 5.82 Å². The van der Waals surface area contributed by atoms with Gasteiger partial charge in [-0.3, -0.25) is 4.79 Å². The van der Waals surface area contributed by atoms with Crippen LogP contribution in [0.5, 0.6) is 0 Å². The smallest absolute Gasteiger partial charge is 0.289 e. The van der Waals surface area contributed by atoms with E-state index in [1.165, 1.54) is 22.3 Å². The van der Waals surface area contributed by atoms with Crippen molar-refractivity contribution in [2.24, 2.45) is 0 Å². The number of nitrogens with zero attached hydrogens (tertiary/aromatic N) is 5. The van der Waals surface area contributed by atoms with Crippen LogP contribution in [-0.2, 0) is 5.54 Å². The first-order valence-corrected chi connectivity index (χ1v) is 10.4. The van der Waals surface area contributed by atoms with Crippen molar-refractivity contribution in [2.45, 2.75) is 39.3 Å². The summed E-state index contributed by atoms with van der Waals surface area (Å²) >= 11 is 0. The molecule has 8 nitrogen and oxygen atoms in total. The highest BCUT2D eigenvalue weighted by Gasteiger charge is 2.37. The van der Waals surface area contributed by atoms with E-state index in [0.717, 1.165) is 18.9 Å². The van der Waals surface area contributed by atoms with E-state index in [1.54, 1.807) is 12.1 Å². The number of aromatic nitrogens is 4. The number of furan rings is 1. The highest BCUT2D eigenvalue weighted by atomic mass is 16.3. The van der Waals surface area contributed by atoms with Gasteiger partial charge >= 0.3 is 0 Å². The van der Waals surface area contributed by atoms with Gasteiger partial charge in [0.1, 0.15) is 0 Å². The Hall–Kier alpha value is -3.00.